The van der Waals surface area contributed by atoms with Gasteiger partial charge in [-0.15, -0.1) is 0 Å². The van der Waals surface area contributed by atoms with Gasteiger partial charge in [-0.2, -0.15) is 0 Å². The van der Waals surface area contributed by atoms with Gasteiger partial charge in [0.1, 0.15) is 0 Å². The average Bonchev–Trinajstić information content (AvgIpc) is 3.53. The second-order valence-corrected chi connectivity index (χ2v) is 11.5. The van der Waals surface area contributed by atoms with Gasteiger partial charge >= 0.3 is 6.03 Å². The molecule has 0 aliphatic heterocycles. The van der Waals surface area contributed by atoms with Gasteiger partial charge in [0, 0.05) is 6.04 Å². The van der Waals surface area contributed by atoms with Crippen LogP contribution in [0.2, 0.25) is 5.02 Å². The number of thiazole rings is 1. The van der Waals surface area contributed by atoms with Crippen molar-refractivity contribution < 1.29 is 18.0 Å². The van der Waals surface area contributed by atoms with Crippen molar-refractivity contribution in [3.63, 3.8) is 0 Å². The Morgan fingerprint density at radius 2 is 1.97 bits per heavy atom. The Morgan fingerprint density at radius 1 is 1.21 bits per heavy atom. The topological polar surface area (TPSA) is 108 Å². The molecule has 1 aliphatic carbocycles. The molecular weight excluding hydrogens is 484 g/mol. The number of hydrogen-bond donors (Lipinski definition) is 2. The minimum Gasteiger partial charge on any atom is -0.303 e. The Labute approximate surface area is 200 Å². The molecule has 174 valence electrons. The number of amides is 3. The number of halogens is 1. The molecule has 1 heterocycles. The van der Waals surface area contributed by atoms with Crippen molar-refractivity contribution in [2.45, 2.75) is 30.2 Å². The van der Waals surface area contributed by atoms with Gasteiger partial charge in [0.05, 0.1) is 31.5 Å². The van der Waals surface area contributed by atoms with E-state index in [-0.39, 0.29) is 26.4 Å². The molecule has 1 fully saturated rings. The smallest absolute Gasteiger partial charge is 0.303 e. The lowest BCUT2D eigenvalue weighted by molar-refractivity contribution is 0.0967. The third-order valence-corrected chi connectivity index (χ3v) is 8.44. The summed E-state index contributed by atoms with van der Waals surface area (Å²) in [6.07, 6.45) is 2.95. The number of nitrogens with one attached hydrogen (secondary N) is 2. The molecule has 2 N–H and O–H groups in total. The molecule has 1 aliphatic rings. The Balaban J connectivity index is 1.39. The number of anilines is 1. The molecule has 3 amide bonds. The molecule has 33 heavy (non-hydrogen) atoms. The summed E-state index contributed by atoms with van der Waals surface area (Å²) in [7, 11) is -1.39. The number of nitrogens with zero attached hydrogens (tertiary/aromatic N) is 2. The maximum atomic E-state index is 12.7. The van der Waals surface area contributed by atoms with E-state index in [9.17, 15) is 18.0 Å². The first-order valence-electron chi connectivity index (χ1n) is 10.4. The molecule has 2 aromatic carbocycles. The van der Waals surface area contributed by atoms with E-state index in [1.165, 1.54) is 25.0 Å². The molecule has 0 bridgehead atoms. The zero-order valence-corrected chi connectivity index (χ0v) is 20.3. The number of rotatable bonds is 8. The third-order valence-electron chi connectivity index (χ3n) is 5.38. The van der Waals surface area contributed by atoms with Gasteiger partial charge in [-0.3, -0.25) is 15.4 Å². The SMILES string of the molecule is CN(CCCS(=O)(=O)c1ccc2nc(NC(=O)NC(=O)c3ccccc3Cl)sc2c1)C1CC1. The van der Waals surface area contributed by atoms with Crippen LogP contribution in [0.4, 0.5) is 9.93 Å². The van der Waals surface area contributed by atoms with Crippen LogP contribution in [0.1, 0.15) is 29.6 Å². The Kier molecular flexibility index (Phi) is 6.99. The summed E-state index contributed by atoms with van der Waals surface area (Å²) in [4.78, 5) is 31.2. The Morgan fingerprint density at radius 3 is 2.70 bits per heavy atom. The van der Waals surface area contributed by atoms with E-state index in [1.54, 1.807) is 30.3 Å². The van der Waals surface area contributed by atoms with Crippen LogP contribution < -0.4 is 10.6 Å². The van der Waals surface area contributed by atoms with E-state index in [0.717, 1.165) is 17.9 Å². The predicted octanol–water partition coefficient (Wildman–Crippen LogP) is 4.17. The second-order valence-electron chi connectivity index (χ2n) is 7.92. The monoisotopic (exact) mass is 506 g/mol. The van der Waals surface area contributed by atoms with E-state index >= 15 is 0 Å². The first-order chi connectivity index (χ1) is 15.7. The lowest BCUT2D eigenvalue weighted by Crippen LogP contribution is -2.34. The van der Waals surface area contributed by atoms with Crippen LogP contribution in [0.3, 0.4) is 0 Å². The minimum absolute atomic E-state index is 0.0754. The average molecular weight is 507 g/mol. The number of urea groups is 1. The molecule has 0 atom stereocenters. The van der Waals surface area contributed by atoms with Gasteiger partial charge in [0.2, 0.25) is 0 Å². The molecular formula is C22H23ClN4O4S2. The Bertz CT molecular complexity index is 1300. The van der Waals surface area contributed by atoms with Gasteiger partial charge in [0.25, 0.3) is 5.91 Å². The van der Waals surface area contributed by atoms with E-state index in [4.69, 9.17) is 11.6 Å². The molecule has 3 aromatic rings. The van der Waals surface area contributed by atoms with Gasteiger partial charge in [0.15, 0.2) is 15.0 Å². The Hall–Kier alpha value is -2.53. The van der Waals surface area contributed by atoms with Crippen molar-refractivity contribution >= 4 is 60.1 Å². The van der Waals surface area contributed by atoms with Crippen molar-refractivity contribution in [1.29, 1.82) is 0 Å². The van der Waals surface area contributed by atoms with Crippen molar-refractivity contribution in [1.82, 2.24) is 15.2 Å². The molecule has 1 saturated carbocycles. The lowest BCUT2D eigenvalue weighted by atomic mass is 10.2. The molecule has 0 unspecified atom stereocenters. The summed E-state index contributed by atoms with van der Waals surface area (Å²) >= 11 is 7.11. The van der Waals surface area contributed by atoms with Crippen LogP contribution in [0, 0.1) is 0 Å². The molecule has 0 spiro atoms. The summed E-state index contributed by atoms with van der Waals surface area (Å²) in [5, 5.41) is 5.19. The van der Waals surface area contributed by atoms with E-state index in [2.05, 4.69) is 20.5 Å². The zero-order chi connectivity index (χ0) is 23.6. The number of fused-ring (bicyclic) bond motifs is 1. The highest BCUT2D eigenvalue weighted by molar-refractivity contribution is 7.91. The largest absolute Gasteiger partial charge is 0.327 e. The van der Waals surface area contributed by atoms with Gasteiger partial charge in [-0.1, -0.05) is 35.1 Å². The van der Waals surface area contributed by atoms with Crippen LogP contribution in [0.25, 0.3) is 10.2 Å². The number of benzene rings is 2. The van der Waals surface area contributed by atoms with Crippen LogP contribution in [-0.4, -0.2) is 55.6 Å². The highest BCUT2D eigenvalue weighted by Gasteiger charge is 2.26. The summed E-state index contributed by atoms with van der Waals surface area (Å²) < 4.78 is 26.1. The quantitative estimate of drug-likeness (QED) is 0.474. The van der Waals surface area contributed by atoms with Crippen LogP contribution in [-0.2, 0) is 9.84 Å². The number of aromatic nitrogens is 1. The first kappa shape index (κ1) is 23.6. The van der Waals surface area contributed by atoms with Crippen molar-refractivity contribution in [3.8, 4) is 0 Å². The maximum Gasteiger partial charge on any atom is 0.327 e. The molecule has 4 rings (SSSR count). The molecule has 1 aromatic heterocycles. The van der Waals surface area contributed by atoms with Gasteiger partial charge < -0.3 is 4.90 Å². The summed E-state index contributed by atoms with van der Waals surface area (Å²) in [6, 6.07) is 11.0. The van der Waals surface area contributed by atoms with Crippen LogP contribution in [0.15, 0.2) is 47.4 Å². The molecule has 0 saturated heterocycles. The fourth-order valence-electron chi connectivity index (χ4n) is 3.42. The fraction of sp³-hybridized carbons (Fsp3) is 0.318. The number of hydrogen-bond acceptors (Lipinski definition) is 7. The van der Waals surface area contributed by atoms with Crippen LogP contribution >= 0.6 is 22.9 Å². The van der Waals surface area contributed by atoms with Crippen molar-refractivity contribution in [3.05, 3.63) is 53.1 Å². The third kappa shape index (κ3) is 5.89. The lowest BCUT2D eigenvalue weighted by Gasteiger charge is -2.15. The predicted molar refractivity (Wildman–Crippen MR) is 130 cm³/mol. The summed E-state index contributed by atoms with van der Waals surface area (Å²) in [5.74, 6) is -0.564. The maximum absolute atomic E-state index is 12.7. The highest BCUT2D eigenvalue weighted by atomic mass is 35.5. The number of imide groups is 1. The number of sulfone groups is 1. The minimum atomic E-state index is -3.42. The molecule has 8 nitrogen and oxygen atoms in total. The number of carbonyl (C=O) groups is 2. The van der Waals surface area contributed by atoms with E-state index in [0.29, 0.717) is 22.7 Å². The second kappa shape index (κ2) is 9.76. The first-order valence-corrected chi connectivity index (χ1v) is 13.3. The van der Waals surface area contributed by atoms with Gasteiger partial charge in [-0.05, 0) is 63.2 Å². The van der Waals surface area contributed by atoms with Crippen LogP contribution in [0.5, 0.6) is 0 Å². The van der Waals surface area contributed by atoms with E-state index < -0.39 is 21.8 Å². The summed E-state index contributed by atoms with van der Waals surface area (Å²) in [6.45, 7) is 0.753. The standard InChI is InChI=1S/C22H23ClN4O4S2/c1-27(14-7-8-14)11-4-12-33(30,31)15-9-10-18-19(13-15)32-22(24-18)26-21(29)25-20(28)16-5-2-3-6-17(16)23/h2-3,5-6,9-10,13-14H,4,7-8,11-12H2,1H3,(H2,24,25,26,28,29). The molecule has 11 heteroatoms. The van der Waals surface area contributed by atoms with E-state index in [1.807, 2.05) is 7.05 Å². The summed E-state index contributed by atoms with van der Waals surface area (Å²) in [5.41, 5.74) is 0.733. The van der Waals surface area contributed by atoms with Crippen molar-refractivity contribution in [2.24, 2.45) is 0 Å². The molecule has 0 radical (unpaired) electrons. The normalized spacial score (nSPS) is 13.9. The highest BCUT2D eigenvalue weighted by Crippen LogP contribution is 2.29. The van der Waals surface area contributed by atoms with Gasteiger partial charge in [-0.25, -0.2) is 18.2 Å². The fourth-order valence-corrected chi connectivity index (χ4v) is 5.93. The number of carbonyl (C=O) groups excluding carboxylic acids is 2. The zero-order valence-electron chi connectivity index (χ0n) is 17.9. The van der Waals surface area contributed by atoms with Crippen molar-refractivity contribution in [2.75, 3.05) is 24.7 Å².